The van der Waals surface area contributed by atoms with Crippen molar-refractivity contribution in [3.63, 3.8) is 0 Å². The summed E-state index contributed by atoms with van der Waals surface area (Å²) in [5.74, 6) is -6.55. The number of rotatable bonds is 5. The summed E-state index contributed by atoms with van der Waals surface area (Å²) < 4.78 is 119. The lowest BCUT2D eigenvalue weighted by atomic mass is 10.3. The van der Waals surface area contributed by atoms with Crippen molar-refractivity contribution in [1.29, 1.82) is 0 Å². The number of halogens is 6. The lowest BCUT2D eigenvalue weighted by Crippen LogP contribution is -2.57. The first-order valence-electron chi connectivity index (χ1n) is 5.12. The SMILES string of the molecule is O=S(=O)(O)C(F)(F)C(F)(F)C(F)(F)SN1CC[S+]([O-])CC1. The molecule has 1 saturated heterocycles. The van der Waals surface area contributed by atoms with Crippen molar-refractivity contribution >= 4 is 33.2 Å². The maximum absolute atomic E-state index is 13.3. The van der Waals surface area contributed by atoms with Crippen molar-refractivity contribution in [2.24, 2.45) is 0 Å². The molecular weight excluding hydrogens is 372 g/mol. The first-order valence-corrected chi connectivity index (χ1v) is 8.82. The van der Waals surface area contributed by atoms with E-state index in [0.29, 0.717) is 4.31 Å². The van der Waals surface area contributed by atoms with E-state index in [1.165, 1.54) is 0 Å². The molecule has 0 unspecified atom stereocenters. The topological polar surface area (TPSA) is 80.7 Å². The van der Waals surface area contributed by atoms with Gasteiger partial charge in [-0.2, -0.15) is 34.8 Å². The van der Waals surface area contributed by atoms with E-state index >= 15 is 0 Å². The Bertz CT molecular complexity index is 479. The smallest absolute Gasteiger partial charge is 0.438 e. The molecule has 1 aliphatic heterocycles. The van der Waals surface area contributed by atoms with Crippen molar-refractivity contribution in [2.45, 2.75) is 16.4 Å². The molecule has 21 heavy (non-hydrogen) atoms. The zero-order valence-electron chi connectivity index (χ0n) is 9.94. The second kappa shape index (κ2) is 5.96. The monoisotopic (exact) mass is 381 g/mol. The highest BCUT2D eigenvalue weighted by Crippen LogP contribution is 2.53. The highest BCUT2D eigenvalue weighted by atomic mass is 32.2. The molecule has 1 rings (SSSR count). The van der Waals surface area contributed by atoms with Gasteiger partial charge in [0.15, 0.2) is 0 Å². The lowest BCUT2D eigenvalue weighted by Gasteiger charge is -2.34. The maximum Gasteiger partial charge on any atom is 0.438 e. The summed E-state index contributed by atoms with van der Waals surface area (Å²) in [7, 11) is -6.74. The molecule has 126 valence electrons. The van der Waals surface area contributed by atoms with Gasteiger partial charge in [0.05, 0.1) is 13.1 Å². The largest absolute Gasteiger partial charge is 0.616 e. The molecule has 0 saturated carbocycles. The molecule has 1 N–H and O–H groups in total. The van der Waals surface area contributed by atoms with Gasteiger partial charge in [0, 0.05) is 11.9 Å². The van der Waals surface area contributed by atoms with E-state index in [-0.39, 0.29) is 24.6 Å². The molecule has 0 bridgehead atoms. The van der Waals surface area contributed by atoms with E-state index < -0.39 is 49.7 Å². The zero-order chi connectivity index (χ0) is 16.7. The Morgan fingerprint density at radius 2 is 1.52 bits per heavy atom. The Kier molecular flexibility index (Phi) is 5.43. The molecule has 0 aliphatic carbocycles. The molecule has 1 heterocycles. The van der Waals surface area contributed by atoms with Crippen molar-refractivity contribution in [1.82, 2.24) is 4.31 Å². The Labute approximate surface area is 123 Å². The molecule has 0 aromatic carbocycles. The van der Waals surface area contributed by atoms with Gasteiger partial charge in [-0.1, -0.05) is 11.2 Å². The van der Waals surface area contributed by atoms with Crippen LogP contribution in [0.5, 0.6) is 0 Å². The van der Waals surface area contributed by atoms with Crippen LogP contribution in [-0.2, 0) is 21.3 Å². The van der Waals surface area contributed by atoms with Crippen LogP contribution in [0, 0.1) is 0 Å². The van der Waals surface area contributed by atoms with E-state index in [9.17, 15) is 39.3 Å². The van der Waals surface area contributed by atoms with E-state index in [1.54, 1.807) is 0 Å². The minimum atomic E-state index is -6.74. The van der Waals surface area contributed by atoms with E-state index in [1.807, 2.05) is 0 Å². The van der Waals surface area contributed by atoms with Gasteiger partial charge in [-0.15, -0.1) is 0 Å². The molecule has 0 aromatic rings. The maximum atomic E-state index is 13.3. The Morgan fingerprint density at radius 3 is 1.90 bits per heavy atom. The van der Waals surface area contributed by atoms with Gasteiger partial charge in [-0.3, -0.25) is 4.55 Å². The van der Waals surface area contributed by atoms with Crippen LogP contribution in [0.2, 0.25) is 0 Å². The minimum Gasteiger partial charge on any atom is -0.616 e. The van der Waals surface area contributed by atoms with Crippen LogP contribution in [0.1, 0.15) is 0 Å². The van der Waals surface area contributed by atoms with Crippen LogP contribution < -0.4 is 0 Å². The molecule has 5 nitrogen and oxygen atoms in total. The van der Waals surface area contributed by atoms with Crippen molar-refractivity contribution in [3.8, 4) is 0 Å². The fourth-order valence-corrected chi connectivity index (χ4v) is 4.00. The highest BCUT2D eigenvalue weighted by Gasteiger charge is 2.78. The minimum absolute atomic E-state index is 0.108. The van der Waals surface area contributed by atoms with Crippen molar-refractivity contribution in [2.75, 3.05) is 24.6 Å². The first kappa shape index (κ1) is 19.2. The van der Waals surface area contributed by atoms with Crippen molar-refractivity contribution in [3.05, 3.63) is 0 Å². The summed E-state index contributed by atoms with van der Waals surface area (Å²) in [6.07, 6.45) is 0. The fourth-order valence-electron chi connectivity index (χ4n) is 1.26. The van der Waals surface area contributed by atoms with Gasteiger partial charge in [0.2, 0.25) is 0 Å². The van der Waals surface area contributed by atoms with Crippen molar-refractivity contribution < 1.29 is 43.9 Å². The molecule has 0 amide bonds. The lowest BCUT2D eigenvalue weighted by molar-refractivity contribution is -0.243. The van der Waals surface area contributed by atoms with Crippen LogP contribution in [0.25, 0.3) is 0 Å². The second-order valence-electron chi connectivity index (χ2n) is 3.95. The van der Waals surface area contributed by atoms with Crippen LogP contribution in [0.15, 0.2) is 0 Å². The zero-order valence-corrected chi connectivity index (χ0v) is 12.4. The molecule has 14 heteroatoms. The molecule has 0 spiro atoms. The predicted molar refractivity (Wildman–Crippen MR) is 63.4 cm³/mol. The summed E-state index contributed by atoms with van der Waals surface area (Å²) in [6, 6.07) is 0. The van der Waals surface area contributed by atoms with Gasteiger partial charge in [-0.05, 0) is 0 Å². The summed E-state index contributed by atoms with van der Waals surface area (Å²) in [5.41, 5.74) is 0. The number of hydrogen-bond acceptors (Lipinski definition) is 5. The predicted octanol–water partition coefficient (Wildman–Crippen LogP) is 1.41. The Morgan fingerprint density at radius 1 is 1.10 bits per heavy atom. The second-order valence-corrected chi connectivity index (χ2v) is 8.32. The average Bonchev–Trinajstić information content (AvgIpc) is 2.30. The number of alkyl halides is 6. The standard InChI is InChI=1S/C7H9F6NO4S3/c8-5(9,7(12,13)21(16,17)18)6(10,11)19-14-1-3-20(15)4-2-14/h1-4H2,(H,16,17,18). The third-order valence-electron chi connectivity index (χ3n) is 2.44. The van der Waals surface area contributed by atoms with Gasteiger partial charge >= 0.3 is 26.5 Å². The molecular formula is C7H9F6NO4S3. The highest BCUT2D eigenvalue weighted by molar-refractivity contribution is 7.98. The molecule has 1 fully saturated rings. The van der Waals surface area contributed by atoms with E-state index in [4.69, 9.17) is 4.55 Å². The molecule has 1 aliphatic rings. The van der Waals surface area contributed by atoms with Gasteiger partial charge in [-0.25, -0.2) is 4.31 Å². The third kappa shape index (κ3) is 3.72. The summed E-state index contributed by atoms with van der Waals surface area (Å²) in [5, 5.41) is -11.8. The van der Waals surface area contributed by atoms with Crippen LogP contribution in [0.3, 0.4) is 0 Å². The summed E-state index contributed by atoms with van der Waals surface area (Å²) in [4.78, 5) is 0. The molecule has 0 aromatic heterocycles. The normalized spacial score (nSPS) is 20.8. The van der Waals surface area contributed by atoms with Crippen LogP contribution in [-0.4, -0.2) is 62.9 Å². The summed E-state index contributed by atoms with van der Waals surface area (Å²) >= 11 is -2.28. The van der Waals surface area contributed by atoms with E-state index in [0.717, 1.165) is 0 Å². The van der Waals surface area contributed by atoms with Crippen LogP contribution >= 0.6 is 11.9 Å². The number of nitrogens with zero attached hydrogens (tertiary/aromatic N) is 1. The summed E-state index contributed by atoms with van der Waals surface area (Å²) in [6.45, 7) is -0.638. The molecule has 0 atom stereocenters. The van der Waals surface area contributed by atoms with Crippen LogP contribution in [0.4, 0.5) is 26.3 Å². The van der Waals surface area contributed by atoms with Gasteiger partial charge < -0.3 is 4.55 Å². The number of hydrogen-bond donors (Lipinski definition) is 1. The third-order valence-corrected chi connectivity index (χ3v) is 5.72. The quantitative estimate of drug-likeness (QED) is 0.336. The van der Waals surface area contributed by atoms with Gasteiger partial charge in [0.1, 0.15) is 11.5 Å². The Hall–Kier alpha value is 0.110. The fraction of sp³-hybridized carbons (Fsp3) is 1.00. The van der Waals surface area contributed by atoms with E-state index in [2.05, 4.69) is 0 Å². The first-order chi connectivity index (χ1) is 9.22. The average molecular weight is 381 g/mol. The molecule has 0 radical (unpaired) electrons. The van der Waals surface area contributed by atoms with Gasteiger partial charge in [0.25, 0.3) is 0 Å². The Balaban J connectivity index is 2.94.